The number of aromatic amines is 2. The molecule has 0 aliphatic carbocycles. The summed E-state index contributed by atoms with van der Waals surface area (Å²) < 4.78 is 0. The number of carboxylic acid groups (broad SMARTS) is 1. The van der Waals surface area contributed by atoms with Crippen LogP contribution in [0.4, 0.5) is 0 Å². The maximum atomic E-state index is 14.7. The number of rotatable bonds is 36. The van der Waals surface area contributed by atoms with Gasteiger partial charge in [0.05, 0.1) is 19.2 Å². The zero-order valence-corrected chi connectivity index (χ0v) is 51.2. The average Bonchev–Trinajstić information content (AvgIpc) is 2.16. The Morgan fingerprint density at radius 1 is 0.580 bits per heavy atom. The lowest BCUT2D eigenvalue weighted by molar-refractivity contribution is -0.144. The SMILES string of the molecule is CCC(C)[C@H](NC(=O)[C@H](Cc1cnc[nH]1)NC(=O)[C@H](Cc1ccccc1)NC(=O)[C@H](C)N(C)C(=O)[C@H](Cc1cnc[nH]1)NC(=O)[C@@H](NC(=O)[C@H](Cc1ccc(O)cc1)NC(=O)[C@@H](NC(=O)[C@@H](CCCN=C(N)N)NC(=O)CNC)C(C)C)C(C)C)C(=O)O. The molecule has 0 aliphatic rings. The molecule has 10 atom stereocenters. The number of aromatic hydroxyl groups is 1. The van der Waals surface area contributed by atoms with Gasteiger partial charge in [-0.15, -0.1) is 0 Å². The molecule has 0 spiro atoms. The molecule has 0 bridgehead atoms. The number of carbonyl (C=O) groups is 10. The van der Waals surface area contributed by atoms with Crippen LogP contribution < -0.4 is 59.3 Å². The van der Waals surface area contributed by atoms with Crippen molar-refractivity contribution < 1.29 is 58.2 Å². The lowest BCUT2D eigenvalue weighted by Gasteiger charge is -2.32. The quantitative estimate of drug-likeness (QED) is 0.0141. The Balaban J connectivity index is 1.60. The van der Waals surface area contributed by atoms with Gasteiger partial charge in [0.25, 0.3) is 0 Å². The number of amides is 9. The molecule has 0 saturated heterocycles. The predicted octanol–water partition coefficient (Wildman–Crippen LogP) is -1.45. The Morgan fingerprint density at radius 2 is 1.03 bits per heavy atom. The van der Waals surface area contributed by atoms with Crippen LogP contribution in [0, 0.1) is 17.8 Å². The summed E-state index contributed by atoms with van der Waals surface area (Å²) in [5, 5.41) is 44.3. The minimum atomic E-state index is -1.41. The second-order valence-corrected chi connectivity index (χ2v) is 22.3. The monoisotopic (exact) mass is 1230 g/mol. The minimum Gasteiger partial charge on any atom is -0.508 e. The van der Waals surface area contributed by atoms with Crippen molar-refractivity contribution in [2.24, 2.45) is 34.2 Å². The lowest BCUT2D eigenvalue weighted by Crippen LogP contribution is -2.62. The number of phenolic OH excluding ortho intramolecular Hbond substituents is 1. The van der Waals surface area contributed by atoms with Crippen molar-refractivity contribution in [2.75, 3.05) is 27.2 Å². The van der Waals surface area contributed by atoms with Crippen molar-refractivity contribution in [2.45, 2.75) is 148 Å². The van der Waals surface area contributed by atoms with E-state index in [1.54, 1.807) is 78.9 Å². The lowest BCUT2D eigenvalue weighted by atomic mass is 9.98. The standard InChI is InChI=1S/C59H87N17O12/c1-10-34(6)49(58(87)88)75-54(83)44(25-38-27-63-30-66-38)70-52(81)42(23-36-15-12-11-13-16-36)69-50(79)35(7)76(9)57(86)45(26-39-28-64-31-67-39)72-56(85)48(33(4)5)74-53(82)43(24-37-18-20-40(77)21-19-37)71-55(84)47(32(2)3)73-51(80)41(68-46(78)29-62-8)17-14-22-65-59(60)61/h11-13,15-16,18-21,27-28,30-35,41-45,47-49,62,77H,10,14,17,22-26,29H2,1-9H3,(H,63,66)(H,64,67)(H,68,78)(H,69,79)(H,70,81)(H,71,84)(H,72,85)(H,73,80)(H,74,82)(H,75,83)(H,87,88)(H4,60,61,65)/t34?,35-,41+,42-,43-,44-,45-,47-,48-,49-/m0/s1. The van der Waals surface area contributed by atoms with E-state index in [1.807, 2.05) is 0 Å². The first-order valence-electron chi connectivity index (χ1n) is 29.1. The molecule has 29 nitrogen and oxygen atoms in total. The molecule has 2 aromatic heterocycles. The van der Waals surface area contributed by atoms with E-state index in [0.29, 0.717) is 28.9 Å². The van der Waals surface area contributed by atoms with Crippen LogP contribution >= 0.6 is 0 Å². The fourth-order valence-electron chi connectivity index (χ4n) is 9.17. The van der Waals surface area contributed by atoms with Gasteiger partial charge in [-0.3, -0.25) is 48.1 Å². The molecule has 4 aromatic rings. The Hall–Kier alpha value is -9.41. The topological polar surface area (TPSA) is 444 Å². The summed E-state index contributed by atoms with van der Waals surface area (Å²) in [6, 6.07) is 2.68. The number of carboxylic acids is 1. The number of aromatic nitrogens is 4. The molecule has 9 amide bonds. The number of hydrogen-bond donors (Lipinski definition) is 15. The van der Waals surface area contributed by atoms with Crippen molar-refractivity contribution in [3.63, 3.8) is 0 Å². The van der Waals surface area contributed by atoms with E-state index in [4.69, 9.17) is 11.5 Å². The van der Waals surface area contributed by atoms with Gasteiger partial charge in [-0.05, 0) is 67.8 Å². The normalized spacial score (nSPS) is 14.6. The third-order valence-corrected chi connectivity index (χ3v) is 14.6. The number of nitrogens with zero attached hydrogens (tertiary/aromatic N) is 4. The molecule has 2 aromatic carbocycles. The summed E-state index contributed by atoms with van der Waals surface area (Å²) in [5.41, 5.74) is 12.9. The maximum absolute atomic E-state index is 14.7. The van der Waals surface area contributed by atoms with Crippen LogP contribution in [0.1, 0.15) is 90.2 Å². The van der Waals surface area contributed by atoms with E-state index in [1.165, 1.54) is 63.3 Å². The van der Waals surface area contributed by atoms with Crippen molar-refractivity contribution in [1.82, 2.24) is 72.7 Å². The summed E-state index contributed by atoms with van der Waals surface area (Å²) in [7, 11) is 2.88. The zero-order chi connectivity index (χ0) is 65.2. The average molecular weight is 1230 g/mol. The van der Waals surface area contributed by atoms with Crippen LogP contribution in [0.2, 0.25) is 0 Å². The fourth-order valence-corrected chi connectivity index (χ4v) is 9.17. The molecule has 4 rings (SSSR count). The first-order chi connectivity index (χ1) is 41.7. The van der Waals surface area contributed by atoms with Gasteiger partial charge >= 0.3 is 5.97 Å². The number of carbonyl (C=O) groups excluding carboxylic acids is 9. The molecular weight excluding hydrogens is 1140 g/mol. The molecule has 0 aliphatic heterocycles. The number of nitrogens with one attached hydrogen (secondary N) is 11. The van der Waals surface area contributed by atoms with Gasteiger partial charge in [0, 0.05) is 63.1 Å². The summed E-state index contributed by atoms with van der Waals surface area (Å²) in [5.74, 6) is -9.98. The highest BCUT2D eigenvalue weighted by Gasteiger charge is 2.38. The molecule has 480 valence electrons. The Kier molecular flexibility index (Phi) is 28.5. The second kappa shape index (κ2) is 35.3. The van der Waals surface area contributed by atoms with E-state index >= 15 is 0 Å². The highest BCUT2D eigenvalue weighted by Crippen LogP contribution is 2.16. The second-order valence-electron chi connectivity index (χ2n) is 22.3. The van der Waals surface area contributed by atoms with Gasteiger partial charge in [-0.2, -0.15) is 0 Å². The molecule has 0 radical (unpaired) electrons. The molecule has 88 heavy (non-hydrogen) atoms. The molecule has 1 unspecified atom stereocenters. The van der Waals surface area contributed by atoms with E-state index in [2.05, 4.69) is 72.8 Å². The minimum absolute atomic E-state index is 0.0667. The van der Waals surface area contributed by atoms with Gasteiger partial charge in [-0.1, -0.05) is 90.4 Å². The van der Waals surface area contributed by atoms with E-state index in [0.717, 1.165) is 4.90 Å². The Morgan fingerprint density at radius 3 is 1.51 bits per heavy atom. The number of aliphatic carboxylic acids is 1. The summed E-state index contributed by atoms with van der Waals surface area (Å²) >= 11 is 0. The fraction of sp³-hybridized carbons (Fsp3) is 0.508. The Labute approximate surface area is 511 Å². The van der Waals surface area contributed by atoms with Crippen LogP contribution in [0.25, 0.3) is 0 Å². The number of aliphatic imine (C=N–C) groups is 1. The largest absolute Gasteiger partial charge is 0.508 e. The molecule has 29 heteroatoms. The van der Waals surface area contributed by atoms with Gasteiger partial charge in [0.2, 0.25) is 53.2 Å². The highest BCUT2D eigenvalue weighted by atomic mass is 16.4. The van der Waals surface area contributed by atoms with Crippen molar-refractivity contribution >= 4 is 65.1 Å². The van der Waals surface area contributed by atoms with E-state index in [9.17, 15) is 58.2 Å². The maximum Gasteiger partial charge on any atom is 0.326 e. The molecule has 2 heterocycles. The number of H-pyrrole nitrogens is 2. The van der Waals surface area contributed by atoms with Crippen molar-refractivity contribution in [1.29, 1.82) is 0 Å². The van der Waals surface area contributed by atoms with Gasteiger partial charge < -0.3 is 84.4 Å². The van der Waals surface area contributed by atoms with E-state index < -0.39 is 131 Å². The van der Waals surface area contributed by atoms with Crippen molar-refractivity contribution in [3.8, 4) is 5.75 Å². The van der Waals surface area contributed by atoms with Gasteiger partial charge in [0.1, 0.15) is 60.1 Å². The van der Waals surface area contributed by atoms with Crippen molar-refractivity contribution in [3.05, 3.63) is 102 Å². The van der Waals surface area contributed by atoms with Crippen LogP contribution in [-0.2, 0) is 73.6 Å². The third-order valence-electron chi connectivity index (χ3n) is 14.6. The van der Waals surface area contributed by atoms with Crippen LogP contribution in [0.5, 0.6) is 5.75 Å². The number of hydrogen-bond acceptors (Lipinski definition) is 15. The van der Waals surface area contributed by atoms with E-state index in [-0.39, 0.29) is 63.3 Å². The number of phenols is 1. The van der Waals surface area contributed by atoms with Crippen LogP contribution in [-0.4, -0.2) is 182 Å². The summed E-state index contributed by atoms with van der Waals surface area (Å²) in [4.78, 5) is 158. The molecular formula is C59H87N17O12. The van der Waals surface area contributed by atoms with Crippen LogP contribution in [0.15, 0.2) is 84.6 Å². The number of nitrogens with two attached hydrogens (primary N) is 2. The number of likely N-dealkylation sites (N-methyl/N-ethyl adjacent to an activating group) is 2. The predicted molar refractivity (Wildman–Crippen MR) is 325 cm³/mol. The first kappa shape index (κ1) is 71.1. The Bertz CT molecular complexity index is 2960. The third kappa shape index (κ3) is 22.8. The van der Waals surface area contributed by atoms with Gasteiger partial charge in [0.15, 0.2) is 5.96 Å². The number of guanidine groups is 1. The number of benzene rings is 2. The summed E-state index contributed by atoms with van der Waals surface area (Å²) in [6.07, 6.45) is 5.88. The zero-order valence-electron chi connectivity index (χ0n) is 51.2. The highest BCUT2D eigenvalue weighted by molar-refractivity contribution is 5.98. The number of imidazole rings is 2. The first-order valence-corrected chi connectivity index (χ1v) is 29.1. The smallest absolute Gasteiger partial charge is 0.326 e. The van der Waals surface area contributed by atoms with Crippen LogP contribution in [0.3, 0.4) is 0 Å². The molecule has 17 N–H and O–H groups in total. The molecule has 0 saturated carbocycles. The van der Waals surface area contributed by atoms with Gasteiger partial charge in [-0.25, -0.2) is 14.8 Å². The summed E-state index contributed by atoms with van der Waals surface area (Å²) in [6.45, 7) is 11.5. The molecule has 0 fully saturated rings.